The molecule has 1 aliphatic carbocycles. The number of amides is 2. The fraction of sp³-hybridized carbons (Fsp3) is 0.333. The highest BCUT2D eigenvalue weighted by atomic mass is 79.9. The Balaban J connectivity index is 1.69. The Bertz CT molecular complexity index is 1260. The molecule has 198 valence electrons. The standard InChI is InChI=1S/C30H32BrN3O4/c31-25-14-9-12-23(18-25)21-33(29(35)20-24-13-7-8-17-27(24)34(37)38)28(19-22-10-3-1-4-11-22)30(36)32-26-15-5-2-6-16-26/h1,3-4,7-14,17-18,26,28H,2,5-6,15-16,19-21H2,(H,32,36). The molecule has 4 rings (SSSR count). The van der Waals surface area contributed by atoms with E-state index in [0.717, 1.165) is 41.3 Å². The van der Waals surface area contributed by atoms with Gasteiger partial charge in [0.15, 0.2) is 0 Å². The lowest BCUT2D eigenvalue weighted by molar-refractivity contribution is -0.385. The van der Waals surface area contributed by atoms with Crippen LogP contribution in [0.2, 0.25) is 0 Å². The van der Waals surface area contributed by atoms with Crippen molar-refractivity contribution in [3.05, 3.63) is 110 Å². The van der Waals surface area contributed by atoms with E-state index >= 15 is 0 Å². The number of para-hydroxylation sites is 1. The molecule has 8 heteroatoms. The molecule has 0 heterocycles. The second kappa shape index (κ2) is 13.3. The van der Waals surface area contributed by atoms with Crippen molar-refractivity contribution >= 4 is 33.4 Å². The number of nitro groups is 1. The fourth-order valence-electron chi connectivity index (χ4n) is 5.03. The number of rotatable bonds is 10. The first-order valence-corrected chi connectivity index (χ1v) is 13.8. The summed E-state index contributed by atoms with van der Waals surface area (Å²) in [6.45, 7) is 0.203. The Morgan fingerprint density at radius 3 is 2.34 bits per heavy atom. The third-order valence-corrected chi connectivity index (χ3v) is 7.49. The van der Waals surface area contributed by atoms with Gasteiger partial charge in [-0.25, -0.2) is 0 Å². The second-order valence-corrected chi connectivity index (χ2v) is 10.7. The molecule has 0 spiro atoms. The molecule has 3 aromatic carbocycles. The van der Waals surface area contributed by atoms with Crippen LogP contribution in [0.5, 0.6) is 0 Å². The molecule has 3 aromatic rings. The first kappa shape index (κ1) is 27.5. The number of benzene rings is 3. The van der Waals surface area contributed by atoms with Crippen molar-refractivity contribution < 1.29 is 14.5 Å². The average molecular weight is 579 g/mol. The van der Waals surface area contributed by atoms with Crippen LogP contribution >= 0.6 is 15.9 Å². The number of carbonyl (C=O) groups is 2. The van der Waals surface area contributed by atoms with Crippen LogP contribution in [0.4, 0.5) is 5.69 Å². The zero-order valence-corrected chi connectivity index (χ0v) is 22.8. The van der Waals surface area contributed by atoms with Crippen LogP contribution < -0.4 is 5.32 Å². The molecule has 7 nitrogen and oxygen atoms in total. The Morgan fingerprint density at radius 1 is 0.947 bits per heavy atom. The van der Waals surface area contributed by atoms with Crippen LogP contribution in [0.25, 0.3) is 0 Å². The van der Waals surface area contributed by atoms with Gasteiger partial charge in [0.25, 0.3) is 5.69 Å². The second-order valence-electron chi connectivity index (χ2n) is 9.76. The predicted molar refractivity (Wildman–Crippen MR) is 150 cm³/mol. The quantitative estimate of drug-likeness (QED) is 0.236. The normalized spacial score (nSPS) is 14.4. The van der Waals surface area contributed by atoms with Crippen molar-refractivity contribution in [1.82, 2.24) is 10.2 Å². The summed E-state index contributed by atoms with van der Waals surface area (Å²) in [4.78, 5) is 40.5. The number of nitrogens with one attached hydrogen (secondary N) is 1. The molecule has 1 aliphatic rings. The summed E-state index contributed by atoms with van der Waals surface area (Å²) in [5, 5.41) is 14.8. The number of hydrogen-bond donors (Lipinski definition) is 1. The summed E-state index contributed by atoms with van der Waals surface area (Å²) in [7, 11) is 0. The molecular weight excluding hydrogens is 546 g/mol. The summed E-state index contributed by atoms with van der Waals surface area (Å²) in [5.41, 5.74) is 2.02. The van der Waals surface area contributed by atoms with Gasteiger partial charge in [-0.2, -0.15) is 0 Å². The molecule has 0 bridgehead atoms. The van der Waals surface area contributed by atoms with E-state index in [-0.39, 0.29) is 36.5 Å². The smallest absolute Gasteiger partial charge is 0.273 e. The SMILES string of the molecule is O=C(NC1CCCCC1)C(Cc1ccccc1)N(Cc1cccc(Br)c1)C(=O)Cc1ccccc1[N+](=O)[O-]. The van der Waals surface area contributed by atoms with Crippen LogP contribution in [-0.4, -0.2) is 33.7 Å². The van der Waals surface area contributed by atoms with Crippen molar-refractivity contribution in [2.75, 3.05) is 0 Å². The zero-order valence-electron chi connectivity index (χ0n) is 21.2. The molecule has 0 radical (unpaired) electrons. The zero-order chi connectivity index (χ0) is 26.9. The third kappa shape index (κ3) is 7.51. The van der Waals surface area contributed by atoms with E-state index in [0.29, 0.717) is 12.0 Å². The molecular formula is C30H32BrN3O4. The minimum Gasteiger partial charge on any atom is -0.352 e. The Kier molecular flexibility index (Phi) is 9.65. The maximum atomic E-state index is 13.9. The highest BCUT2D eigenvalue weighted by molar-refractivity contribution is 9.10. The Hall–Kier alpha value is -3.52. The number of nitrogens with zero attached hydrogens (tertiary/aromatic N) is 2. The van der Waals surface area contributed by atoms with Crippen LogP contribution in [0.1, 0.15) is 48.8 Å². The molecule has 38 heavy (non-hydrogen) atoms. The monoisotopic (exact) mass is 577 g/mol. The lowest BCUT2D eigenvalue weighted by atomic mass is 9.94. The number of carbonyl (C=O) groups excluding carboxylic acids is 2. The van der Waals surface area contributed by atoms with E-state index in [1.165, 1.54) is 12.5 Å². The van der Waals surface area contributed by atoms with Crippen molar-refractivity contribution in [2.24, 2.45) is 0 Å². The molecule has 0 saturated heterocycles. The van der Waals surface area contributed by atoms with E-state index in [9.17, 15) is 19.7 Å². The van der Waals surface area contributed by atoms with Gasteiger partial charge < -0.3 is 10.2 Å². The number of nitro benzene ring substituents is 1. The third-order valence-electron chi connectivity index (χ3n) is 6.99. The molecule has 1 unspecified atom stereocenters. The number of halogens is 1. The maximum absolute atomic E-state index is 13.9. The predicted octanol–water partition coefficient (Wildman–Crippen LogP) is 5.99. The van der Waals surface area contributed by atoms with Crippen LogP contribution in [0.15, 0.2) is 83.3 Å². The highest BCUT2D eigenvalue weighted by Crippen LogP contribution is 2.23. The summed E-state index contributed by atoms with van der Waals surface area (Å²) in [6, 6.07) is 22.9. The largest absolute Gasteiger partial charge is 0.352 e. The van der Waals surface area contributed by atoms with Crippen molar-refractivity contribution in [3.63, 3.8) is 0 Å². The first-order valence-electron chi connectivity index (χ1n) is 13.0. The van der Waals surface area contributed by atoms with Gasteiger partial charge in [-0.15, -0.1) is 0 Å². The van der Waals surface area contributed by atoms with Crippen LogP contribution in [0, 0.1) is 10.1 Å². The molecule has 1 saturated carbocycles. The van der Waals surface area contributed by atoms with Crippen molar-refractivity contribution in [1.29, 1.82) is 0 Å². The van der Waals surface area contributed by atoms with Gasteiger partial charge in [-0.05, 0) is 36.1 Å². The van der Waals surface area contributed by atoms with E-state index in [2.05, 4.69) is 21.2 Å². The molecule has 1 N–H and O–H groups in total. The Morgan fingerprint density at radius 2 is 1.63 bits per heavy atom. The lowest BCUT2D eigenvalue weighted by Gasteiger charge is -2.33. The maximum Gasteiger partial charge on any atom is 0.273 e. The van der Waals surface area contributed by atoms with Crippen LogP contribution in [-0.2, 0) is 29.0 Å². The molecule has 0 aromatic heterocycles. The average Bonchev–Trinajstić information content (AvgIpc) is 2.92. The number of hydrogen-bond acceptors (Lipinski definition) is 4. The Labute approximate surface area is 231 Å². The van der Waals surface area contributed by atoms with Gasteiger partial charge >= 0.3 is 0 Å². The van der Waals surface area contributed by atoms with Gasteiger partial charge in [0.2, 0.25) is 11.8 Å². The van der Waals surface area contributed by atoms with E-state index < -0.39 is 11.0 Å². The van der Waals surface area contributed by atoms with Gasteiger partial charge in [0.1, 0.15) is 6.04 Å². The van der Waals surface area contributed by atoms with Crippen molar-refractivity contribution in [3.8, 4) is 0 Å². The minimum absolute atomic E-state index is 0.0903. The molecule has 0 aliphatic heterocycles. The van der Waals surface area contributed by atoms with Gasteiger partial charge in [-0.3, -0.25) is 19.7 Å². The van der Waals surface area contributed by atoms with E-state index in [4.69, 9.17) is 0 Å². The van der Waals surface area contributed by atoms with Crippen molar-refractivity contribution in [2.45, 2.75) is 63.6 Å². The summed E-state index contributed by atoms with van der Waals surface area (Å²) >= 11 is 3.50. The first-order chi connectivity index (χ1) is 18.4. The summed E-state index contributed by atoms with van der Waals surface area (Å²) in [6.07, 6.45) is 5.35. The lowest BCUT2D eigenvalue weighted by Crippen LogP contribution is -2.53. The fourth-order valence-corrected chi connectivity index (χ4v) is 5.48. The highest BCUT2D eigenvalue weighted by Gasteiger charge is 2.32. The topological polar surface area (TPSA) is 92.6 Å². The molecule has 1 fully saturated rings. The van der Waals surface area contributed by atoms with E-state index in [1.807, 2.05) is 54.6 Å². The van der Waals surface area contributed by atoms with Gasteiger partial charge in [0, 0.05) is 35.1 Å². The minimum atomic E-state index is -0.770. The summed E-state index contributed by atoms with van der Waals surface area (Å²) in [5.74, 6) is -0.523. The molecule has 2 amide bonds. The summed E-state index contributed by atoms with van der Waals surface area (Å²) < 4.78 is 0.868. The van der Waals surface area contributed by atoms with Gasteiger partial charge in [-0.1, -0.05) is 95.9 Å². The van der Waals surface area contributed by atoms with E-state index in [1.54, 1.807) is 23.1 Å². The van der Waals surface area contributed by atoms with Gasteiger partial charge in [0.05, 0.1) is 11.3 Å². The molecule has 1 atom stereocenters. The van der Waals surface area contributed by atoms with Crippen LogP contribution in [0.3, 0.4) is 0 Å².